The quantitative estimate of drug-likeness (QED) is 0.409. The number of likely N-dealkylation sites (tertiary alicyclic amines) is 1. The third-order valence-electron chi connectivity index (χ3n) is 5.72. The number of aromatic nitrogens is 2. The van der Waals surface area contributed by atoms with Gasteiger partial charge in [0.1, 0.15) is 0 Å². The first-order valence-corrected chi connectivity index (χ1v) is 15.7. The molecule has 1 aliphatic heterocycles. The van der Waals surface area contributed by atoms with Gasteiger partial charge in [0.15, 0.2) is 0 Å². The molecule has 2 aromatic rings. The van der Waals surface area contributed by atoms with Gasteiger partial charge < -0.3 is 0 Å². The first-order chi connectivity index (χ1) is 16.9. The first-order valence-electron chi connectivity index (χ1n) is 11.8. The van der Waals surface area contributed by atoms with Crippen molar-refractivity contribution >= 4 is 46.2 Å². The number of carbonyl (C=O) groups excluding carboxylic acids is 1. The molecule has 0 unspecified atom stereocenters. The topological polar surface area (TPSA) is 102 Å². The molecule has 36 heavy (non-hydrogen) atoms. The fraction of sp³-hybridized carbons (Fsp3) is 0.542. The number of sulfone groups is 1. The van der Waals surface area contributed by atoms with Crippen molar-refractivity contribution in [3.05, 3.63) is 35.9 Å². The number of ether oxygens (including phenoxy) is 2. The second-order valence-electron chi connectivity index (χ2n) is 9.16. The van der Waals surface area contributed by atoms with Gasteiger partial charge in [-0.2, -0.15) is 0 Å². The van der Waals surface area contributed by atoms with Gasteiger partial charge >= 0.3 is 219 Å². The molecule has 1 aromatic heterocycles. The predicted molar refractivity (Wildman–Crippen MR) is 138 cm³/mol. The van der Waals surface area contributed by atoms with Crippen LogP contribution in [0.4, 0.5) is 14.9 Å². The zero-order chi connectivity index (χ0) is 26.5. The molecule has 1 radical (unpaired) electrons. The third-order valence-corrected chi connectivity index (χ3v) is 9.30. The van der Waals surface area contributed by atoms with Gasteiger partial charge in [0, 0.05) is 0 Å². The van der Waals surface area contributed by atoms with Crippen molar-refractivity contribution in [2.45, 2.75) is 45.8 Å². The van der Waals surface area contributed by atoms with E-state index < -0.39 is 25.6 Å². The van der Waals surface area contributed by atoms with Crippen LogP contribution in [0.3, 0.4) is 0 Å². The van der Waals surface area contributed by atoms with E-state index in [-0.39, 0.29) is 36.4 Å². The van der Waals surface area contributed by atoms with Gasteiger partial charge in [-0.25, -0.2) is 0 Å². The van der Waals surface area contributed by atoms with Gasteiger partial charge in [0.05, 0.1) is 0 Å². The molecule has 1 amide bonds. The van der Waals surface area contributed by atoms with Gasteiger partial charge in [0.2, 0.25) is 0 Å². The number of amides is 1. The van der Waals surface area contributed by atoms with Crippen molar-refractivity contribution in [1.82, 2.24) is 14.9 Å². The molecule has 12 heteroatoms. The molecule has 0 spiro atoms. The molecule has 0 aliphatic carbocycles. The van der Waals surface area contributed by atoms with E-state index in [4.69, 9.17) is 9.47 Å². The molecule has 3 rings (SSSR count). The minimum atomic E-state index is -3.10. The van der Waals surface area contributed by atoms with E-state index in [1.807, 2.05) is 20.8 Å². The minimum absolute atomic E-state index is 0.00272. The van der Waals surface area contributed by atoms with Crippen molar-refractivity contribution in [2.24, 2.45) is 0 Å². The van der Waals surface area contributed by atoms with Crippen LogP contribution < -0.4 is 18.5 Å². The normalized spacial score (nSPS) is 15.0. The Labute approximate surface area is 219 Å². The maximum absolute atomic E-state index is 14.9. The Balaban J connectivity index is 1.62. The zero-order valence-corrected chi connectivity index (χ0v) is 24.0. The summed E-state index contributed by atoms with van der Waals surface area (Å²) in [7, 11) is -1.36. The molecule has 9 nitrogen and oxygen atoms in total. The summed E-state index contributed by atoms with van der Waals surface area (Å²) in [6.45, 7) is 6.92. The number of rotatable bonds is 9. The molecule has 0 atom stereocenters. The van der Waals surface area contributed by atoms with E-state index in [2.05, 4.69) is 9.97 Å². The molecular formula is C24H33AsFN4O5S. The van der Waals surface area contributed by atoms with E-state index in [9.17, 15) is 17.6 Å². The number of anilines is 1. The molecule has 197 valence electrons. The van der Waals surface area contributed by atoms with Crippen LogP contribution in [0.2, 0.25) is 0 Å². The van der Waals surface area contributed by atoms with Crippen LogP contribution in [-0.4, -0.2) is 96.0 Å². The molecule has 0 bridgehead atoms. The van der Waals surface area contributed by atoms with E-state index in [0.717, 1.165) is 10.0 Å². The maximum atomic E-state index is 14.9. The van der Waals surface area contributed by atoms with Crippen LogP contribution in [0.15, 0.2) is 24.5 Å². The summed E-state index contributed by atoms with van der Waals surface area (Å²) in [6.07, 6.45) is 3.42. The van der Waals surface area contributed by atoms with Crippen molar-refractivity contribution in [3.8, 4) is 5.88 Å². The standard InChI is InChI=1S/C24H33AsFN4O5S/c1-16(2)34-24(31)30-10-8-19(9-11-30)35-23-17(3)22(27-15-28-23)25-20-7-6-18(14-21(20)26)29(4)12-13-36(5,32)33/h6-7,14-16,19H,8-13H2,1-5H3. The summed E-state index contributed by atoms with van der Waals surface area (Å²) in [4.78, 5) is 24.2. The summed E-state index contributed by atoms with van der Waals surface area (Å²) in [5.74, 6) is 0.138. The summed E-state index contributed by atoms with van der Waals surface area (Å²) in [6, 6.07) is 4.96. The average molecular weight is 584 g/mol. The molecule has 1 aromatic carbocycles. The van der Waals surface area contributed by atoms with Crippen LogP contribution in [0, 0.1) is 12.7 Å². The van der Waals surface area contributed by atoms with Gasteiger partial charge in [-0.15, -0.1) is 0 Å². The monoisotopic (exact) mass is 583 g/mol. The van der Waals surface area contributed by atoms with Crippen molar-refractivity contribution in [2.75, 3.05) is 43.6 Å². The fourth-order valence-electron chi connectivity index (χ4n) is 3.62. The predicted octanol–water partition coefficient (Wildman–Crippen LogP) is 1.45. The molecule has 1 aliphatic rings. The number of piperidine rings is 1. The summed E-state index contributed by atoms with van der Waals surface area (Å²) < 4.78 is 50.5. The van der Waals surface area contributed by atoms with Crippen LogP contribution in [0.5, 0.6) is 5.88 Å². The number of carbonyl (C=O) groups is 1. The molecular weight excluding hydrogens is 550 g/mol. The number of hydrogen-bond donors (Lipinski definition) is 0. The average Bonchev–Trinajstić information content (AvgIpc) is 2.80. The van der Waals surface area contributed by atoms with E-state index in [0.29, 0.717) is 41.8 Å². The van der Waals surface area contributed by atoms with Crippen molar-refractivity contribution in [1.29, 1.82) is 0 Å². The Morgan fingerprint density at radius 2 is 1.97 bits per heavy atom. The van der Waals surface area contributed by atoms with Crippen LogP contribution in [0.25, 0.3) is 0 Å². The molecule has 1 fully saturated rings. The van der Waals surface area contributed by atoms with Crippen molar-refractivity contribution < 1.29 is 27.1 Å². The Hall–Kier alpha value is -2.39. The van der Waals surface area contributed by atoms with E-state index >= 15 is 0 Å². The Morgan fingerprint density at radius 3 is 2.58 bits per heavy atom. The fourth-order valence-corrected chi connectivity index (χ4v) is 6.16. The molecule has 1 saturated heterocycles. The van der Waals surface area contributed by atoms with Crippen molar-refractivity contribution in [3.63, 3.8) is 0 Å². The van der Waals surface area contributed by atoms with E-state index in [1.54, 1.807) is 29.0 Å². The molecule has 2 heterocycles. The number of nitrogens with zero attached hydrogens (tertiary/aromatic N) is 4. The Bertz CT molecular complexity index is 1170. The van der Waals surface area contributed by atoms with Crippen LogP contribution >= 0.6 is 0 Å². The Kier molecular flexibility index (Phi) is 9.58. The second kappa shape index (κ2) is 12.2. The van der Waals surface area contributed by atoms with E-state index in [1.165, 1.54) is 18.6 Å². The SMILES string of the molecule is Cc1c(OC2CCN(C(=O)OC(C)C)CC2)ncnc1[As]c1ccc(N(C)CCS(C)(=O)=O)cc1F. The third kappa shape index (κ3) is 8.06. The van der Waals surface area contributed by atoms with Gasteiger partial charge in [0.25, 0.3) is 0 Å². The summed E-state index contributed by atoms with van der Waals surface area (Å²) >= 11 is -0.754. The number of benzene rings is 1. The molecule has 0 saturated carbocycles. The van der Waals surface area contributed by atoms with Crippen LogP contribution in [-0.2, 0) is 14.6 Å². The summed E-state index contributed by atoms with van der Waals surface area (Å²) in [5, 5.41) is 0. The number of hydrogen-bond acceptors (Lipinski definition) is 8. The summed E-state index contributed by atoms with van der Waals surface area (Å²) in [5.41, 5.74) is 1.40. The first kappa shape index (κ1) is 28.2. The Morgan fingerprint density at radius 1 is 1.28 bits per heavy atom. The zero-order valence-electron chi connectivity index (χ0n) is 21.3. The van der Waals surface area contributed by atoms with Gasteiger partial charge in [-0.05, 0) is 0 Å². The number of halogens is 1. The van der Waals surface area contributed by atoms with Gasteiger partial charge in [-0.3, -0.25) is 0 Å². The van der Waals surface area contributed by atoms with Crippen LogP contribution in [0.1, 0.15) is 32.3 Å². The van der Waals surface area contributed by atoms with Gasteiger partial charge in [-0.1, -0.05) is 0 Å². The molecule has 0 N–H and O–H groups in total. The second-order valence-corrected chi connectivity index (χ2v) is 13.8.